The number of aryl methyl sites for hydroxylation is 1. The molecule has 0 spiro atoms. The molecule has 0 bridgehead atoms. The van der Waals surface area contributed by atoms with Crippen LogP contribution in [0.25, 0.3) is 27.8 Å². The first-order valence-electron chi connectivity index (χ1n) is 11.0. The molecule has 0 aliphatic carbocycles. The minimum atomic E-state index is -0.324. The average molecular weight is 446 g/mol. The summed E-state index contributed by atoms with van der Waals surface area (Å²) < 4.78 is 7.25. The molecule has 1 heterocycles. The molecular formula is C29H23N3O2. The largest absolute Gasteiger partial charge is 0.427 e. The van der Waals surface area contributed by atoms with Gasteiger partial charge in [0.2, 0.25) is 0 Å². The van der Waals surface area contributed by atoms with Gasteiger partial charge in [0, 0.05) is 18.8 Å². The van der Waals surface area contributed by atoms with Crippen LogP contribution in [0.5, 0.6) is 5.75 Å². The molecule has 0 amide bonds. The van der Waals surface area contributed by atoms with Gasteiger partial charge in [0.1, 0.15) is 11.6 Å². The fourth-order valence-corrected chi connectivity index (χ4v) is 3.96. The zero-order valence-corrected chi connectivity index (χ0v) is 19.0. The predicted octanol–water partition coefficient (Wildman–Crippen LogP) is 6.68. The molecule has 0 N–H and O–H groups in total. The number of benzene rings is 4. The highest BCUT2D eigenvalue weighted by Gasteiger charge is 2.09. The van der Waals surface area contributed by atoms with Crippen LogP contribution in [0.2, 0.25) is 0 Å². The molecule has 5 heteroatoms. The van der Waals surface area contributed by atoms with E-state index >= 15 is 0 Å². The number of nitrogens with zero attached hydrogens (tertiary/aromatic N) is 3. The summed E-state index contributed by atoms with van der Waals surface area (Å²) in [5.41, 5.74) is 7.07. The second-order valence-corrected chi connectivity index (χ2v) is 8.00. The minimum Gasteiger partial charge on any atom is -0.427 e. The maximum atomic E-state index is 11.1. The minimum absolute atomic E-state index is 0.324. The quantitative estimate of drug-likeness (QED) is 0.172. The molecule has 1 aromatic heterocycles. The number of aromatic nitrogens is 2. The van der Waals surface area contributed by atoms with E-state index in [1.165, 1.54) is 6.92 Å². The predicted molar refractivity (Wildman–Crippen MR) is 136 cm³/mol. The molecule has 0 radical (unpaired) electrons. The Labute approximate surface area is 198 Å². The summed E-state index contributed by atoms with van der Waals surface area (Å²) in [7, 11) is 0. The molecule has 4 aromatic carbocycles. The van der Waals surface area contributed by atoms with Gasteiger partial charge in [-0.25, -0.2) is 4.98 Å². The van der Waals surface area contributed by atoms with Gasteiger partial charge in [-0.3, -0.25) is 14.4 Å². The zero-order valence-electron chi connectivity index (χ0n) is 19.0. The molecule has 5 nitrogen and oxygen atoms in total. The lowest BCUT2D eigenvalue weighted by atomic mass is 10.0. The molecule has 5 rings (SSSR count). The van der Waals surface area contributed by atoms with Crippen molar-refractivity contribution >= 4 is 28.9 Å². The average Bonchev–Trinajstić information content (AvgIpc) is 3.18. The third-order valence-corrected chi connectivity index (χ3v) is 5.54. The van der Waals surface area contributed by atoms with E-state index in [-0.39, 0.29) is 5.97 Å². The zero-order chi connectivity index (χ0) is 23.5. The van der Waals surface area contributed by atoms with E-state index in [1.807, 2.05) is 67.7 Å². The summed E-state index contributed by atoms with van der Waals surface area (Å²) in [6, 6.07) is 32.0. The normalized spacial score (nSPS) is 11.2. The second kappa shape index (κ2) is 9.16. The molecule has 0 atom stereocenters. The Morgan fingerprint density at radius 3 is 2.24 bits per heavy atom. The SMILES string of the molecule is CC(=O)Oc1ccc(-c2ccc(C=Nc3ccc4c(c3)nc(C)n4-c3ccccc3)cc2)cc1. The number of ether oxygens (including phenoxy) is 1. The highest BCUT2D eigenvalue weighted by molar-refractivity contribution is 5.86. The number of rotatable bonds is 5. The van der Waals surface area contributed by atoms with E-state index in [9.17, 15) is 4.79 Å². The van der Waals surface area contributed by atoms with Gasteiger partial charge < -0.3 is 4.74 Å². The van der Waals surface area contributed by atoms with Crippen molar-refractivity contribution < 1.29 is 9.53 Å². The summed E-state index contributed by atoms with van der Waals surface area (Å²) in [5, 5.41) is 0. The van der Waals surface area contributed by atoms with E-state index in [4.69, 9.17) is 9.72 Å². The summed E-state index contributed by atoms with van der Waals surface area (Å²) in [6.07, 6.45) is 1.86. The lowest BCUT2D eigenvalue weighted by Crippen LogP contribution is -2.00. The molecule has 0 fully saturated rings. The van der Waals surface area contributed by atoms with E-state index in [2.05, 4.69) is 39.9 Å². The van der Waals surface area contributed by atoms with Crippen LogP contribution in [0, 0.1) is 6.92 Å². The fourth-order valence-electron chi connectivity index (χ4n) is 3.96. The second-order valence-electron chi connectivity index (χ2n) is 8.00. The summed E-state index contributed by atoms with van der Waals surface area (Å²) in [4.78, 5) is 20.5. The molecule has 0 saturated heterocycles. The van der Waals surface area contributed by atoms with Crippen molar-refractivity contribution in [3.8, 4) is 22.6 Å². The highest BCUT2D eigenvalue weighted by atomic mass is 16.5. The van der Waals surface area contributed by atoms with Crippen LogP contribution in [0.1, 0.15) is 18.3 Å². The summed E-state index contributed by atoms with van der Waals surface area (Å²) in [5.74, 6) is 1.16. The van der Waals surface area contributed by atoms with Crippen LogP contribution in [-0.2, 0) is 4.79 Å². The number of carbonyl (C=O) groups is 1. The van der Waals surface area contributed by atoms with Crippen molar-refractivity contribution in [2.24, 2.45) is 4.99 Å². The lowest BCUT2D eigenvalue weighted by molar-refractivity contribution is -0.131. The maximum Gasteiger partial charge on any atom is 0.308 e. The Morgan fingerprint density at radius 1 is 0.882 bits per heavy atom. The molecule has 0 saturated carbocycles. The monoisotopic (exact) mass is 445 g/mol. The maximum absolute atomic E-state index is 11.1. The van der Waals surface area contributed by atoms with Crippen molar-refractivity contribution in [2.75, 3.05) is 0 Å². The van der Waals surface area contributed by atoms with Crippen molar-refractivity contribution in [3.05, 3.63) is 108 Å². The molecule has 0 aliphatic heterocycles. The Morgan fingerprint density at radius 2 is 1.56 bits per heavy atom. The first kappa shape index (κ1) is 21.3. The van der Waals surface area contributed by atoms with E-state index in [0.717, 1.165) is 44.9 Å². The van der Waals surface area contributed by atoms with Gasteiger partial charge in [-0.1, -0.05) is 54.6 Å². The standard InChI is InChI=1S/C29H23N3O2/c1-20-31-28-18-25(14-17-29(28)32(20)26-6-4-3-5-7-26)30-19-22-8-10-23(11-9-22)24-12-15-27(16-13-24)34-21(2)33/h3-19H,1-2H3. The third kappa shape index (κ3) is 4.50. The number of para-hydroxylation sites is 1. The van der Waals surface area contributed by atoms with Gasteiger partial charge in [0.05, 0.1) is 16.7 Å². The lowest BCUT2D eigenvalue weighted by Gasteiger charge is -2.06. The van der Waals surface area contributed by atoms with Gasteiger partial charge in [-0.05, 0) is 66.1 Å². The van der Waals surface area contributed by atoms with Gasteiger partial charge in [0.25, 0.3) is 0 Å². The van der Waals surface area contributed by atoms with Crippen LogP contribution >= 0.6 is 0 Å². The van der Waals surface area contributed by atoms with E-state index < -0.39 is 0 Å². The smallest absolute Gasteiger partial charge is 0.308 e. The number of imidazole rings is 1. The molecule has 5 aromatic rings. The van der Waals surface area contributed by atoms with Crippen molar-refractivity contribution in [3.63, 3.8) is 0 Å². The molecule has 0 unspecified atom stereocenters. The highest BCUT2D eigenvalue weighted by Crippen LogP contribution is 2.26. The van der Waals surface area contributed by atoms with Crippen LogP contribution in [0.15, 0.2) is 102 Å². The Hall–Kier alpha value is -4.51. The number of hydrogen-bond acceptors (Lipinski definition) is 4. The van der Waals surface area contributed by atoms with Crippen molar-refractivity contribution in [2.45, 2.75) is 13.8 Å². The Balaban J connectivity index is 1.34. The molecule has 0 aliphatic rings. The van der Waals surface area contributed by atoms with Gasteiger partial charge in [-0.2, -0.15) is 0 Å². The van der Waals surface area contributed by atoms with Crippen LogP contribution in [0.4, 0.5) is 5.69 Å². The number of carbonyl (C=O) groups excluding carboxylic acids is 1. The van der Waals surface area contributed by atoms with E-state index in [0.29, 0.717) is 5.75 Å². The van der Waals surface area contributed by atoms with Gasteiger partial charge in [-0.15, -0.1) is 0 Å². The third-order valence-electron chi connectivity index (χ3n) is 5.54. The first-order valence-corrected chi connectivity index (χ1v) is 11.0. The van der Waals surface area contributed by atoms with Crippen LogP contribution in [-0.4, -0.2) is 21.7 Å². The fraction of sp³-hybridized carbons (Fsp3) is 0.0690. The van der Waals surface area contributed by atoms with Crippen LogP contribution in [0.3, 0.4) is 0 Å². The van der Waals surface area contributed by atoms with Crippen molar-refractivity contribution in [1.29, 1.82) is 0 Å². The number of esters is 1. The molecule has 166 valence electrons. The number of hydrogen-bond donors (Lipinski definition) is 0. The Bertz CT molecular complexity index is 1480. The van der Waals surface area contributed by atoms with Gasteiger partial charge >= 0.3 is 5.97 Å². The Kier molecular flexibility index (Phi) is 5.75. The number of aliphatic imine (C=N–C) groups is 1. The molecule has 34 heavy (non-hydrogen) atoms. The first-order chi connectivity index (χ1) is 16.6. The van der Waals surface area contributed by atoms with Crippen molar-refractivity contribution in [1.82, 2.24) is 9.55 Å². The van der Waals surface area contributed by atoms with E-state index in [1.54, 1.807) is 12.1 Å². The van der Waals surface area contributed by atoms with Crippen LogP contribution < -0.4 is 4.74 Å². The number of fused-ring (bicyclic) bond motifs is 1. The topological polar surface area (TPSA) is 56.5 Å². The molecular weight excluding hydrogens is 422 g/mol. The summed E-state index contributed by atoms with van der Waals surface area (Å²) in [6.45, 7) is 3.41. The summed E-state index contributed by atoms with van der Waals surface area (Å²) >= 11 is 0. The van der Waals surface area contributed by atoms with Gasteiger partial charge in [0.15, 0.2) is 0 Å².